The Morgan fingerprint density at radius 2 is 1.62 bits per heavy atom. The van der Waals surface area contributed by atoms with Crippen LogP contribution in [-0.2, 0) is 23.7 Å². The summed E-state index contributed by atoms with van der Waals surface area (Å²) >= 11 is 0.470. The number of nitrogens with zero attached hydrogens (tertiary/aromatic N) is 2. The number of rotatable bonds is 5. The van der Waals surface area contributed by atoms with E-state index < -0.39 is 22.8 Å². The molecule has 11 heteroatoms. The fraction of sp³-hybridized carbons (Fsp3) is 0.222. The Bertz CT molecular complexity index is 983. The second kappa shape index (κ2) is 7.99. The molecule has 3 rings (SSSR count). The molecule has 0 atom stereocenters. The lowest BCUT2D eigenvalue weighted by atomic mass is 10.1. The lowest BCUT2D eigenvalue weighted by Gasteiger charge is -2.10. The third-order valence-corrected chi connectivity index (χ3v) is 4.55. The van der Waals surface area contributed by atoms with Crippen LogP contribution in [0.25, 0.3) is 11.4 Å². The van der Waals surface area contributed by atoms with Crippen molar-refractivity contribution in [3.63, 3.8) is 0 Å². The largest absolute Gasteiger partial charge is 0.438 e. The average Bonchev–Trinajstić information content (AvgIpc) is 3.10. The monoisotopic (exact) mass is 434 g/mol. The Balaban J connectivity index is 1.93. The quantitative estimate of drug-likeness (QED) is 0.450. The van der Waals surface area contributed by atoms with E-state index >= 15 is 0 Å². The van der Waals surface area contributed by atoms with Gasteiger partial charge in [-0.3, -0.25) is 0 Å². The molecule has 0 spiro atoms. The van der Waals surface area contributed by atoms with Gasteiger partial charge in [-0.1, -0.05) is 12.1 Å². The summed E-state index contributed by atoms with van der Waals surface area (Å²) in [7, 11) is 1.41. The van der Waals surface area contributed by atoms with Crippen LogP contribution in [0.15, 0.2) is 41.8 Å². The van der Waals surface area contributed by atoms with Gasteiger partial charge in [0.1, 0.15) is 10.6 Å². The summed E-state index contributed by atoms with van der Waals surface area (Å²) in [6, 6.07) is 6.38. The Hall–Kier alpha value is -2.66. The van der Waals surface area contributed by atoms with Crippen LogP contribution in [0, 0.1) is 0 Å². The molecule has 0 aliphatic rings. The highest BCUT2D eigenvalue weighted by Gasteiger charge is 2.33. The van der Waals surface area contributed by atoms with E-state index in [9.17, 15) is 26.3 Å². The van der Waals surface area contributed by atoms with Crippen molar-refractivity contribution in [1.29, 1.82) is 0 Å². The number of benzene rings is 1. The van der Waals surface area contributed by atoms with Crippen molar-refractivity contribution in [2.24, 2.45) is 0 Å². The first-order valence-corrected chi connectivity index (χ1v) is 8.82. The molecule has 2 aromatic heterocycles. The van der Waals surface area contributed by atoms with Crippen molar-refractivity contribution in [2.45, 2.75) is 19.0 Å². The van der Waals surface area contributed by atoms with E-state index in [-0.39, 0.29) is 29.6 Å². The number of halogens is 6. The minimum absolute atomic E-state index is 0.0456. The van der Waals surface area contributed by atoms with Gasteiger partial charge in [-0.2, -0.15) is 31.3 Å². The first-order valence-electron chi connectivity index (χ1n) is 7.94. The molecule has 154 valence electrons. The number of alkyl halides is 6. The van der Waals surface area contributed by atoms with Crippen molar-refractivity contribution in [3.05, 3.63) is 57.9 Å². The summed E-state index contributed by atoms with van der Waals surface area (Å²) in [6.07, 6.45) is -8.98. The van der Waals surface area contributed by atoms with Gasteiger partial charge in [0.15, 0.2) is 5.82 Å². The molecule has 0 bridgehead atoms. The first-order chi connectivity index (χ1) is 13.6. The van der Waals surface area contributed by atoms with Crippen LogP contribution in [0.4, 0.5) is 26.3 Å². The summed E-state index contributed by atoms with van der Waals surface area (Å²) in [5, 5.41) is 1.18. The van der Waals surface area contributed by atoms with Crippen LogP contribution < -0.4 is 4.74 Å². The molecule has 0 N–H and O–H groups in total. The van der Waals surface area contributed by atoms with Crippen LogP contribution in [0.5, 0.6) is 11.6 Å². The number of aromatic nitrogens is 2. The third kappa shape index (κ3) is 5.24. The Kier molecular flexibility index (Phi) is 5.80. The van der Waals surface area contributed by atoms with Gasteiger partial charge in [0.25, 0.3) is 0 Å². The predicted molar refractivity (Wildman–Crippen MR) is 92.6 cm³/mol. The number of hydrogen-bond donors (Lipinski definition) is 0. The number of thiophene rings is 1. The van der Waals surface area contributed by atoms with Gasteiger partial charge in [0.05, 0.1) is 17.9 Å². The molecule has 2 heterocycles. The standard InChI is InChI=1S/C18H12F6N2O2S/c1-27-8-12-6-15(28-13-7-14(29-9-13)18(22,23)24)26-16(25-12)10-2-4-11(5-3-10)17(19,20)21/h2-7,9H,8H2,1H3. The molecule has 4 nitrogen and oxygen atoms in total. The predicted octanol–water partition coefficient (Wildman–Crippen LogP) is 6.18. The zero-order valence-corrected chi connectivity index (χ0v) is 15.5. The fourth-order valence-electron chi connectivity index (χ4n) is 2.33. The van der Waals surface area contributed by atoms with Gasteiger partial charge in [-0.15, -0.1) is 11.3 Å². The molecule has 0 unspecified atom stereocenters. The first kappa shape index (κ1) is 21.1. The molecule has 3 aromatic rings. The van der Waals surface area contributed by atoms with Gasteiger partial charge in [-0.05, 0) is 12.1 Å². The molecule has 0 fully saturated rings. The maximum Gasteiger partial charge on any atom is 0.425 e. The lowest BCUT2D eigenvalue weighted by Crippen LogP contribution is -2.04. The smallest absolute Gasteiger partial charge is 0.425 e. The van der Waals surface area contributed by atoms with Crippen LogP contribution in [0.1, 0.15) is 16.1 Å². The summed E-state index contributed by atoms with van der Waals surface area (Å²) in [4.78, 5) is 7.46. The number of ether oxygens (including phenoxy) is 2. The van der Waals surface area contributed by atoms with Crippen LogP contribution in [0.3, 0.4) is 0 Å². The normalized spacial score (nSPS) is 12.2. The lowest BCUT2D eigenvalue weighted by molar-refractivity contribution is -0.137. The zero-order chi connectivity index (χ0) is 21.2. The summed E-state index contributed by atoms with van der Waals surface area (Å²) in [6.45, 7) is 0.0456. The van der Waals surface area contributed by atoms with E-state index in [1.165, 1.54) is 30.7 Å². The van der Waals surface area contributed by atoms with Crippen molar-refractivity contribution < 1.29 is 35.8 Å². The van der Waals surface area contributed by atoms with E-state index in [0.29, 0.717) is 17.0 Å². The number of hydrogen-bond acceptors (Lipinski definition) is 5. The topological polar surface area (TPSA) is 44.2 Å². The molecule has 29 heavy (non-hydrogen) atoms. The average molecular weight is 434 g/mol. The van der Waals surface area contributed by atoms with Crippen molar-refractivity contribution in [2.75, 3.05) is 7.11 Å². The number of methoxy groups -OCH3 is 1. The van der Waals surface area contributed by atoms with Crippen molar-refractivity contribution >= 4 is 11.3 Å². The van der Waals surface area contributed by atoms with E-state index in [0.717, 1.165) is 18.2 Å². The molecule has 0 saturated carbocycles. The van der Waals surface area contributed by atoms with Crippen molar-refractivity contribution in [3.8, 4) is 23.0 Å². The molecule has 0 saturated heterocycles. The summed E-state index contributed by atoms with van der Waals surface area (Å²) in [5.41, 5.74) is -0.204. The van der Waals surface area contributed by atoms with E-state index in [1.54, 1.807) is 0 Å². The van der Waals surface area contributed by atoms with E-state index in [4.69, 9.17) is 9.47 Å². The van der Waals surface area contributed by atoms with Crippen LogP contribution in [-0.4, -0.2) is 17.1 Å². The van der Waals surface area contributed by atoms with Gasteiger partial charge < -0.3 is 9.47 Å². The van der Waals surface area contributed by atoms with E-state index in [2.05, 4.69) is 9.97 Å². The highest BCUT2D eigenvalue weighted by molar-refractivity contribution is 7.10. The zero-order valence-electron chi connectivity index (χ0n) is 14.6. The summed E-state index contributed by atoms with van der Waals surface area (Å²) in [5.74, 6) is -0.0780. The Morgan fingerprint density at radius 1 is 0.931 bits per heavy atom. The SMILES string of the molecule is COCc1cc(Oc2csc(C(F)(F)F)c2)nc(-c2ccc(C(F)(F)F)cc2)n1. The van der Waals surface area contributed by atoms with Gasteiger partial charge in [-0.25, -0.2) is 4.98 Å². The summed E-state index contributed by atoms with van der Waals surface area (Å²) < 4.78 is 86.8. The highest BCUT2D eigenvalue weighted by atomic mass is 32.1. The molecule has 0 aliphatic heterocycles. The van der Waals surface area contributed by atoms with E-state index in [1.807, 2.05) is 0 Å². The second-order valence-corrected chi connectivity index (χ2v) is 6.69. The van der Waals surface area contributed by atoms with Gasteiger partial charge >= 0.3 is 12.4 Å². The molecule has 0 radical (unpaired) electrons. The molecular weight excluding hydrogens is 422 g/mol. The molecular formula is C18H12F6N2O2S. The van der Waals surface area contributed by atoms with Crippen LogP contribution in [0.2, 0.25) is 0 Å². The van der Waals surface area contributed by atoms with Gasteiger partial charge in [0, 0.05) is 30.2 Å². The Morgan fingerprint density at radius 3 is 2.17 bits per heavy atom. The second-order valence-electron chi connectivity index (χ2n) is 5.78. The Labute approximate surface area is 164 Å². The van der Waals surface area contributed by atoms with Crippen LogP contribution >= 0.6 is 11.3 Å². The highest BCUT2D eigenvalue weighted by Crippen LogP contribution is 2.38. The molecule has 0 aliphatic carbocycles. The minimum atomic E-state index is -4.50. The maximum absolute atomic E-state index is 12.7. The fourth-order valence-corrected chi connectivity index (χ4v) is 3.00. The third-order valence-electron chi connectivity index (χ3n) is 3.60. The maximum atomic E-state index is 12.7. The van der Waals surface area contributed by atoms with Crippen molar-refractivity contribution in [1.82, 2.24) is 9.97 Å². The minimum Gasteiger partial charge on any atom is -0.438 e. The molecule has 1 aromatic carbocycles. The van der Waals surface area contributed by atoms with Gasteiger partial charge in [0.2, 0.25) is 5.88 Å². The molecule has 0 amide bonds.